The number of benzene rings is 1. The average Bonchev–Trinajstić information content (AvgIpc) is 2.96. The van der Waals surface area contributed by atoms with Crippen molar-refractivity contribution < 1.29 is 5.11 Å². The minimum Gasteiger partial charge on any atom is -0.395 e. The average molecular weight is 303 g/mol. The Balaban J connectivity index is 2.02. The van der Waals surface area contributed by atoms with Crippen LogP contribution in [-0.4, -0.2) is 46.3 Å². The number of aromatic nitrogens is 3. The lowest BCUT2D eigenvalue weighted by molar-refractivity contribution is 0.292. The van der Waals surface area contributed by atoms with Crippen LogP contribution in [-0.2, 0) is 6.54 Å². The normalized spacial score (nSPS) is 11.3. The number of nitrogens with one attached hydrogen (secondary N) is 2. The van der Waals surface area contributed by atoms with E-state index in [1.54, 1.807) is 4.80 Å². The van der Waals surface area contributed by atoms with Crippen LogP contribution in [0.1, 0.15) is 25.6 Å². The van der Waals surface area contributed by atoms with Gasteiger partial charge in [-0.05, 0) is 13.8 Å². The van der Waals surface area contributed by atoms with E-state index < -0.39 is 0 Å². The van der Waals surface area contributed by atoms with Gasteiger partial charge in [0.25, 0.3) is 0 Å². The van der Waals surface area contributed by atoms with Crippen LogP contribution in [0.25, 0.3) is 11.3 Å². The van der Waals surface area contributed by atoms with Crippen molar-refractivity contribution in [2.75, 3.05) is 26.2 Å². The van der Waals surface area contributed by atoms with Gasteiger partial charge in [-0.15, -0.1) is 0 Å². The molecular formula is C16H25N5O. The van der Waals surface area contributed by atoms with Gasteiger partial charge in [-0.3, -0.25) is 0 Å². The minimum atomic E-state index is 0.168. The fourth-order valence-corrected chi connectivity index (χ4v) is 2.11. The molecule has 3 N–H and O–H groups in total. The second-order valence-electron chi connectivity index (χ2n) is 5.43. The third-order valence-corrected chi connectivity index (χ3v) is 3.27. The molecule has 6 heteroatoms. The summed E-state index contributed by atoms with van der Waals surface area (Å²) in [7, 11) is 0. The lowest BCUT2D eigenvalue weighted by atomic mass is 10.1. The molecule has 0 bridgehead atoms. The lowest BCUT2D eigenvalue weighted by Crippen LogP contribution is -2.29. The Kier molecular flexibility index (Phi) is 6.51. The molecule has 2 aromatic rings. The summed E-state index contributed by atoms with van der Waals surface area (Å²) >= 11 is 0. The van der Waals surface area contributed by atoms with E-state index >= 15 is 0 Å². The quantitative estimate of drug-likeness (QED) is 0.607. The largest absolute Gasteiger partial charge is 0.395 e. The molecule has 0 unspecified atom stereocenters. The maximum absolute atomic E-state index is 8.71. The Labute approximate surface area is 131 Å². The van der Waals surface area contributed by atoms with Gasteiger partial charge in [-0.2, -0.15) is 15.0 Å². The molecule has 0 saturated carbocycles. The number of hydrogen-bond donors (Lipinski definition) is 3. The zero-order chi connectivity index (χ0) is 15.8. The first-order valence-electron chi connectivity index (χ1n) is 7.75. The molecule has 2 rings (SSSR count). The predicted molar refractivity (Wildman–Crippen MR) is 87.5 cm³/mol. The molecule has 1 aromatic heterocycles. The molecule has 0 radical (unpaired) electrons. The highest BCUT2D eigenvalue weighted by atomic mass is 16.3. The van der Waals surface area contributed by atoms with Gasteiger partial charge in [-0.25, -0.2) is 0 Å². The van der Waals surface area contributed by atoms with E-state index in [0.717, 1.165) is 30.0 Å². The topological polar surface area (TPSA) is 75.0 Å². The molecule has 6 nitrogen and oxygen atoms in total. The van der Waals surface area contributed by atoms with E-state index in [2.05, 4.69) is 46.8 Å². The SMILES string of the molecule is CC(C)n1nc(CNCCNCCO)c(-c2ccccc2)n1. The number of nitrogens with zero attached hydrogens (tertiary/aromatic N) is 3. The molecule has 0 saturated heterocycles. The Bertz CT molecular complexity index is 553. The highest BCUT2D eigenvalue weighted by molar-refractivity contribution is 5.60. The summed E-state index contributed by atoms with van der Waals surface area (Å²) in [6.45, 7) is 7.26. The van der Waals surface area contributed by atoms with Gasteiger partial charge >= 0.3 is 0 Å². The van der Waals surface area contributed by atoms with E-state index in [0.29, 0.717) is 13.1 Å². The van der Waals surface area contributed by atoms with Gasteiger partial charge in [0.1, 0.15) is 11.4 Å². The van der Waals surface area contributed by atoms with Gasteiger partial charge in [0.15, 0.2) is 0 Å². The number of rotatable bonds is 9. The van der Waals surface area contributed by atoms with E-state index in [4.69, 9.17) is 5.11 Å². The maximum atomic E-state index is 8.71. The van der Waals surface area contributed by atoms with Crippen LogP contribution in [0.5, 0.6) is 0 Å². The van der Waals surface area contributed by atoms with Crippen molar-refractivity contribution in [1.82, 2.24) is 25.6 Å². The number of aliphatic hydroxyl groups excluding tert-OH is 1. The zero-order valence-electron chi connectivity index (χ0n) is 13.3. The van der Waals surface area contributed by atoms with Crippen molar-refractivity contribution in [1.29, 1.82) is 0 Å². The summed E-state index contributed by atoms with van der Waals surface area (Å²) in [5.41, 5.74) is 2.98. The van der Waals surface area contributed by atoms with Crippen molar-refractivity contribution in [2.45, 2.75) is 26.4 Å². The Hall–Kier alpha value is -1.76. The Morgan fingerprint density at radius 2 is 1.77 bits per heavy atom. The smallest absolute Gasteiger partial charge is 0.117 e. The fraction of sp³-hybridized carbons (Fsp3) is 0.500. The second-order valence-corrected chi connectivity index (χ2v) is 5.43. The van der Waals surface area contributed by atoms with Crippen LogP contribution in [0, 0.1) is 0 Å². The summed E-state index contributed by atoms with van der Waals surface area (Å²) in [6, 6.07) is 10.4. The van der Waals surface area contributed by atoms with Crippen LogP contribution >= 0.6 is 0 Å². The van der Waals surface area contributed by atoms with Crippen LogP contribution in [0.4, 0.5) is 0 Å². The van der Waals surface area contributed by atoms with Crippen LogP contribution in [0.2, 0.25) is 0 Å². The fourth-order valence-electron chi connectivity index (χ4n) is 2.11. The number of aliphatic hydroxyl groups is 1. The minimum absolute atomic E-state index is 0.168. The Morgan fingerprint density at radius 3 is 2.45 bits per heavy atom. The highest BCUT2D eigenvalue weighted by Crippen LogP contribution is 2.20. The molecule has 1 heterocycles. The summed E-state index contributed by atoms with van der Waals surface area (Å²) in [6.07, 6.45) is 0. The van der Waals surface area contributed by atoms with E-state index in [1.807, 2.05) is 18.2 Å². The monoisotopic (exact) mass is 303 g/mol. The molecule has 0 spiro atoms. The van der Waals surface area contributed by atoms with Gasteiger partial charge < -0.3 is 15.7 Å². The van der Waals surface area contributed by atoms with Gasteiger partial charge in [0, 0.05) is 31.7 Å². The lowest BCUT2D eigenvalue weighted by Gasteiger charge is -2.05. The van der Waals surface area contributed by atoms with Crippen molar-refractivity contribution in [3.8, 4) is 11.3 Å². The highest BCUT2D eigenvalue weighted by Gasteiger charge is 2.13. The maximum Gasteiger partial charge on any atom is 0.117 e. The molecule has 0 aliphatic carbocycles. The van der Waals surface area contributed by atoms with E-state index in [-0.39, 0.29) is 12.6 Å². The van der Waals surface area contributed by atoms with Gasteiger partial charge in [0.05, 0.1) is 12.6 Å². The van der Waals surface area contributed by atoms with Gasteiger partial charge in [0.2, 0.25) is 0 Å². The van der Waals surface area contributed by atoms with Crippen molar-refractivity contribution in [2.24, 2.45) is 0 Å². The van der Waals surface area contributed by atoms with Crippen molar-refractivity contribution in [3.05, 3.63) is 36.0 Å². The molecule has 1 aromatic carbocycles. The summed E-state index contributed by atoms with van der Waals surface area (Å²) in [5.74, 6) is 0. The molecule has 0 aliphatic heterocycles. The van der Waals surface area contributed by atoms with Gasteiger partial charge in [-0.1, -0.05) is 30.3 Å². The van der Waals surface area contributed by atoms with Crippen molar-refractivity contribution in [3.63, 3.8) is 0 Å². The molecule has 0 aliphatic rings. The summed E-state index contributed by atoms with van der Waals surface area (Å²) in [4.78, 5) is 1.77. The van der Waals surface area contributed by atoms with Crippen molar-refractivity contribution >= 4 is 0 Å². The number of hydrogen-bond acceptors (Lipinski definition) is 5. The molecule has 0 atom stereocenters. The molecule has 22 heavy (non-hydrogen) atoms. The summed E-state index contributed by atoms with van der Waals surface area (Å²) in [5, 5.41) is 24.4. The molecular weight excluding hydrogens is 278 g/mol. The third-order valence-electron chi connectivity index (χ3n) is 3.27. The third kappa shape index (κ3) is 4.62. The molecule has 0 amide bonds. The zero-order valence-corrected chi connectivity index (χ0v) is 13.3. The van der Waals surface area contributed by atoms with Crippen LogP contribution in [0.15, 0.2) is 30.3 Å². The molecule has 120 valence electrons. The standard InChI is InChI=1S/C16H25N5O/c1-13(2)21-19-15(12-18-9-8-17-10-11-22)16(20-21)14-6-4-3-5-7-14/h3-7,13,17-18,22H,8-12H2,1-2H3. The summed E-state index contributed by atoms with van der Waals surface area (Å²) < 4.78 is 0. The van der Waals surface area contributed by atoms with E-state index in [1.165, 1.54) is 0 Å². The Morgan fingerprint density at radius 1 is 1.05 bits per heavy atom. The first-order chi connectivity index (χ1) is 10.7. The molecule has 0 fully saturated rings. The predicted octanol–water partition coefficient (Wildman–Crippen LogP) is 1.20. The first-order valence-corrected chi connectivity index (χ1v) is 7.75. The second kappa shape index (κ2) is 8.63. The van der Waals surface area contributed by atoms with Crippen LogP contribution < -0.4 is 10.6 Å². The van der Waals surface area contributed by atoms with Crippen LogP contribution in [0.3, 0.4) is 0 Å². The first kappa shape index (κ1) is 16.6. The van der Waals surface area contributed by atoms with E-state index in [9.17, 15) is 0 Å².